The molecule has 1 N–H and O–H groups in total. The summed E-state index contributed by atoms with van der Waals surface area (Å²) in [5, 5.41) is 2.12. The van der Waals surface area contributed by atoms with Crippen molar-refractivity contribution in [3.63, 3.8) is 0 Å². The first-order chi connectivity index (χ1) is 19.5. The van der Waals surface area contributed by atoms with E-state index in [0.29, 0.717) is 15.9 Å². The van der Waals surface area contributed by atoms with Gasteiger partial charge in [0.1, 0.15) is 12.6 Å². The summed E-state index contributed by atoms with van der Waals surface area (Å²) in [6, 6.07) is 14.3. The van der Waals surface area contributed by atoms with E-state index in [-0.39, 0.29) is 17.5 Å². The Bertz CT molecular complexity index is 1530. The van der Waals surface area contributed by atoms with E-state index in [1.165, 1.54) is 36.1 Å². The minimum absolute atomic E-state index is 0.0430. The van der Waals surface area contributed by atoms with Gasteiger partial charge in [-0.2, -0.15) is 13.2 Å². The fourth-order valence-corrected chi connectivity index (χ4v) is 5.76. The standard InChI is InChI=1S/C30H33ClF3N3O4S/c1-19(2)35-29(39)22(5)36(17-23-10-6-20(3)7-11-23)28(38)18-37(42(40,41)25-13-8-21(4)9-14-25)24-12-15-27(31)26(16-24)30(32,33)34/h6-16,19,22H,17-18H2,1-5H3,(H,35,39)/t22-/m0/s1. The number of aryl methyl sites for hydroxylation is 2. The molecular weight excluding hydrogens is 591 g/mol. The Morgan fingerprint density at radius 3 is 1.98 bits per heavy atom. The number of carbonyl (C=O) groups excluding carboxylic acids is 2. The van der Waals surface area contributed by atoms with E-state index in [4.69, 9.17) is 11.6 Å². The molecule has 0 saturated heterocycles. The predicted octanol–water partition coefficient (Wildman–Crippen LogP) is 6.11. The first kappa shape index (κ1) is 32.9. The average molecular weight is 624 g/mol. The maximum Gasteiger partial charge on any atom is 0.417 e. The Morgan fingerprint density at radius 2 is 1.45 bits per heavy atom. The zero-order valence-corrected chi connectivity index (χ0v) is 25.4. The van der Waals surface area contributed by atoms with Crippen molar-refractivity contribution in [3.8, 4) is 0 Å². The number of benzene rings is 3. The second-order valence-electron chi connectivity index (χ2n) is 10.3. The molecule has 0 aromatic heterocycles. The SMILES string of the molecule is Cc1ccc(CN(C(=O)CN(c2ccc(Cl)c(C(F)(F)F)c2)S(=O)(=O)c2ccc(C)cc2)[C@@H](C)C(=O)NC(C)C)cc1. The molecule has 1 atom stereocenters. The number of halogens is 4. The van der Waals surface area contributed by atoms with Gasteiger partial charge in [0, 0.05) is 12.6 Å². The van der Waals surface area contributed by atoms with Crippen molar-refractivity contribution in [3.05, 3.63) is 94.0 Å². The number of sulfonamides is 1. The van der Waals surface area contributed by atoms with Crippen molar-refractivity contribution < 1.29 is 31.2 Å². The molecule has 7 nitrogen and oxygen atoms in total. The quantitative estimate of drug-likeness (QED) is 0.295. The molecule has 2 amide bonds. The van der Waals surface area contributed by atoms with E-state index in [0.717, 1.165) is 23.3 Å². The fourth-order valence-electron chi connectivity index (χ4n) is 4.13. The Labute approximate surface area is 249 Å². The van der Waals surface area contributed by atoms with E-state index < -0.39 is 56.9 Å². The third-order valence-corrected chi connectivity index (χ3v) is 8.62. The monoisotopic (exact) mass is 623 g/mol. The van der Waals surface area contributed by atoms with E-state index in [9.17, 15) is 31.2 Å². The molecule has 0 aliphatic rings. The summed E-state index contributed by atoms with van der Waals surface area (Å²) in [7, 11) is -4.54. The number of nitrogens with one attached hydrogen (secondary N) is 1. The van der Waals surface area contributed by atoms with Crippen LogP contribution in [0.3, 0.4) is 0 Å². The van der Waals surface area contributed by atoms with Crippen LogP contribution in [0.1, 0.15) is 43.0 Å². The number of hydrogen-bond donors (Lipinski definition) is 1. The van der Waals surface area contributed by atoms with Gasteiger partial charge in [-0.1, -0.05) is 59.1 Å². The third kappa shape index (κ3) is 8.04. The van der Waals surface area contributed by atoms with Crippen LogP contribution < -0.4 is 9.62 Å². The largest absolute Gasteiger partial charge is 0.417 e. The van der Waals surface area contributed by atoms with Crippen LogP contribution in [0.4, 0.5) is 18.9 Å². The van der Waals surface area contributed by atoms with E-state index in [2.05, 4.69) is 5.32 Å². The van der Waals surface area contributed by atoms with Gasteiger partial charge in [-0.05, 0) is 70.5 Å². The molecule has 226 valence electrons. The number of nitrogens with zero attached hydrogens (tertiary/aromatic N) is 2. The summed E-state index contributed by atoms with van der Waals surface area (Å²) in [6.07, 6.45) is -4.88. The van der Waals surface area contributed by atoms with E-state index >= 15 is 0 Å². The predicted molar refractivity (Wildman–Crippen MR) is 157 cm³/mol. The second kappa shape index (κ2) is 13.2. The molecule has 3 aromatic rings. The van der Waals surface area contributed by atoms with Crippen LogP contribution in [0.15, 0.2) is 71.6 Å². The Morgan fingerprint density at radius 1 is 0.905 bits per heavy atom. The Kier molecular flexibility index (Phi) is 10.3. The molecule has 0 heterocycles. The van der Waals surface area contributed by atoms with Crippen molar-refractivity contribution in [1.29, 1.82) is 0 Å². The minimum Gasteiger partial charge on any atom is -0.352 e. The van der Waals surface area contributed by atoms with Crippen LogP contribution in [-0.2, 0) is 32.3 Å². The lowest BCUT2D eigenvalue weighted by molar-refractivity contribution is -0.139. The summed E-state index contributed by atoms with van der Waals surface area (Å²) in [5.41, 5.74) is 0.754. The van der Waals surface area contributed by atoms with Gasteiger partial charge in [0.25, 0.3) is 10.0 Å². The summed E-state index contributed by atoms with van der Waals surface area (Å²) in [4.78, 5) is 27.9. The van der Waals surface area contributed by atoms with Gasteiger partial charge in [0.05, 0.1) is 21.2 Å². The molecule has 3 rings (SSSR count). The maximum atomic E-state index is 13.9. The first-order valence-electron chi connectivity index (χ1n) is 13.1. The average Bonchev–Trinajstić information content (AvgIpc) is 2.90. The van der Waals surface area contributed by atoms with Crippen molar-refractivity contribution >= 4 is 39.1 Å². The summed E-state index contributed by atoms with van der Waals surface area (Å²) >= 11 is 5.80. The van der Waals surface area contributed by atoms with Crippen LogP contribution in [0.2, 0.25) is 5.02 Å². The third-order valence-electron chi connectivity index (χ3n) is 6.50. The van der Waals surface area contributed by atoms with Gasteiger partial charge in [-0.15, -0.1) is 0 Å². The van der Waals surface area contributed by atoms with Crippen molar-refractivity contribution in [2.45, 2.75) is 64.3 Å². The summed E-state index contributed by atoms with van der Waals surface area (Å²) in [6.45, 7) is 7.74. The van der Waals surface area contributed by atoms with Gasteiger partial charge in [-0.25, -0.2) is 8.42 Å². The molecule has 0 unspecified atom stereocenters. The molecule has 0 fully saturated rings. The summed E-state index contributed by atoms with van der Waals surface area (Å²) < 4.78 is 69.6. The smallest absolute Gasteiger partial charge is 0.352 e. The Hall–Kier alpha value is -3.57. The number of carbonyl (C=O) groups is 2. The van der Waals surface area contributed by atoms with Gasteiger partial charge in [-0.3, -0.25) is 13.9 Å². The van der Waals surface area contributed by atoms with Crippen molar-refractivity contribution in [1.82, 2.24) is 10.2 Å². The maximum absolute atomic E-state index is 13.9. The van der Waals surface area contributed by atoms with Crippen LogP contribution in [-0.4, -0.2) is 43.8 Å². The van der Waals surface area contributed by atoms with E-state index in [1.807, 2.05) is 19.1 Å². The summed E-state index contributed by atoms with van der Waals surface area (Å²) in [5.74, 6) is -1.26. The van der Waals surface area contributed by atoms with Gasteiger partial charge < -0.3 is 10.2 Å². The number of alkyl halides is 3. The van der Waals surface area contributed by atoms with Gasteiger partial charge >= 0.3 is 6.18 Å². The molecule has 42 heavy (non-hydrogen) atoms. The lowest BCUT2D eigenvalue weighted by atomic mass is 10.1. The lowest BCUT2D eigenvalue weighted by Gasteiger charge is -2.32. The van der Waals surface area contributed by atoms with Gasteiger partial charge in [0.15, 0.2) is 0 Å². The van der Waals surface area contributed by atoms with Gasteiger partial charge in [0.2, 0.25) is 11.8 Å². The molecule has 0 saturated carbocycles. The number of rotatable bonds is 10. The van der Waals surface area contributed by atoms with Crippen molar-refractivity contribution in [2.24, 2.45) is 0 Å². The van der Waals surface area contributed by atoms with Crippen LogP contribution in [0.25, 0.3) is 0 Å². The minimum atomic E-state index is -4.88. The zero-order valence-electron chi connectivity index (χ0n) is 23.9. The first-order valence-corrected chi connectivity index (χ1v) is 14.9. The van der Waals surface area contributed by atoms with E-state index in [1.54, 1.807) is 32.9 Å². The zero-order chi connectivity index (χ0) is 31.4. The number of anilines is 1. The highest BCUT2D eigenvalue weighted by Crippen LogP contribution is 2.38. The Balaban J connectivity index is 2.12. The number of amides is 2. The highest BCUT2D eigenvalue weighted by molar-refractivity contribution is 7.92. The second-order valence-corrected chi connectivity index (χ2v) is 12.6. The highest BCUT2D eigenvalue weighted by atomic mass is 35.5. The number of hydrogen-bond acceptors (Lipinski definition) is 4. The lowest BCUT2D eigenvalue weighted by Crippen LogP contribution is -2.52. The van der Waals surface area contributed by atoms with Crippen LogP contribution in [0, 0.1) is 13.8 Å². The molecule has 12 heteroatoms. The normalized spacial score (nSPS) is 12.6. The van der Waals surface area contributed by atoms with Crippen LogP contribution in [0.5, 0.6) is 0 Å². The van der Waals surface area contributed by atoms with Crippen LogP contribution >= 0.6 is 11.6 Å². The topological polar surface area (TPSA) is 86.8 Å². The molecular formula is C30H33ClF3N3O4S. The molecule has 0 spiro atoms. The fraction of sp³-hybridized carbons (Fsp3) is 0.333. The van der Waals surface area contributed by atoms with Crippen molar-refractivity contribution in [2.75, 3.05) is 10.8 Å². The molecule has 3 aromatic carbocycles. The molecule has 0 radical (unpaired) electrons. The highest BCUT2D eigenvalue weighted by Gasteiger charge is 2.37. The molecule has 0 aliphatic carbocycles. The molecule has 0 aliphatic heterocycles. The molecule has 0 bridgehead atoms.